The molecule has 1 nitrogen and oxygen atoms in total. The molecule has 19 heavy (non-hydrogen) atoms. The minimum absolute atomic E-state index is 0.242. The van der Waals surface area contributed by atoms with Crippen molar-refractivity contribution in [2.45, 2.75) is 13.5 Å². The van der Waals surface area contributed by atoms with Gasteiger partial charge < -0.3 is 5.32 Å². The quantitative estimate of drug-likeness (QED) is 0.715. The van der Waals surface area contributed by atoms with E-state index in [1.807, 2.05) is 6.92 Å². The van der Waals surface area contributed by atoms with Gasteiger partial charge in [0.1, 0.15) is 5.82 Å². The minimum atomic E-state index is -0.242. The molecule has 0 bridgehead atoms. The Labute approximate surface area is 126 Å². The monoisotopic (exact) mass is 317 g/mol. The summed E-state index contributed by atoms with van der Waals surface area (Å²) >= 11 is 17.9. The van der Waals surface area contributed by atoms with Gasteiger partial charge in [-0.05, 0) is 42.3 Å². The molecule has 0 unspecified atom stereocenters. The molecule has 0 heterocycles. The highest BCUT2D eigenvalue weighted by atomic mass is 35.5. The van der Waals surface area contributed by atoms with Gasteiger partial charge in [0.2, 0.25) is 0 Å². The molecule has 2 rings (SSSR count). The molecule has 100 valence electrons. The Kier molecular flexibility index (Phi) is 4.56. The summed E-state index contributed by atoms with van der Waals surface area (Å²) in [6.07, 6.45) is 0. The normalized spacial score (nSPS) is 10.6. The van der Waals surface area contributed by atoms with E-state index in [2.05, 4.69) is 5.32 Å². The Balaban J connectivity index is 2.16. The van der Waals surface area contributed by atoms with E-state index in [0.717, 1.165) is 11.1 Å². The second-order valence-corrected chi connectivity index (χ2v) is 5.39. The number of hydrogen-bond donors (Lipinski definition) is 1. The van der Waals surface area contributed by atoms with Gasteiger partial charge in [-0.3, -0.25) is 0 Å². The molecule has 0 aliphatic carbocycles. The van der Waals surface area contributed by atoms with E-state index in [1.165, 1.54) is 12.1 Å². The molecule has 1 N–H and O–H groups in total. The lowest BCUT2D eigenvalue weighted by molar-refractivity contribution is 0.625. The van der Waals surface area contributed by atoms with Gasteiger partial charge in [0.05, 0.1) is 20.8 Å². The molecule has 0 saturated carbocycles. The van der Waals surface area contributed by atoms with Crippen LogP contribution in [0.4, 0.5) is 10.1 Å². The smallest absolute Gasteiger partial charge is 0.123 e. The SMILES string of the molecule is Cc1cc(F)ccc1CNc1cc(Cl)c(Cl)cc1Cl. The topological polar surface area (TPSA) is 12.0 Å². The summed E-state index contributed by atoms with van der Waals surface area (Å²) in [5.74, 6) is -0.242. The summed E-state index contributed by atoms with van der Waals surface area (Å²) < 4.78 is 13.0. The zero-order chi connectivity index (χ0) is 14.0. The molecular weight excluding hydrogens is 308 g/mol. The minimum Gasteiger partial charge on any atom is -0.380 e. The van der Waals surface area contributed by atoms with Crippen molar-refractivity contribution >= 4 is 40.5 Å². The van der Waals surface area contributed by atoms with Gasteiger partial charge in [-0.2, -0.15) is 0 Å². The number of rotatable bonds is 3. The van der Waals surface area contributed by atoms with Crippen molar-refractivity contribution in [2.24, 2.45) is 0 Å². The molecule has 0 amide bonds. The van der Waals surface area contributed by atoms with Crippen LogP contribution in [0.2, 0.25) is 15.1 Å². The summed E-state index contributed by atoms with van der Waals surface area (Å²) in [6.45, 7) is 2.39. The predicted octanol–water partition coefficient (Wildman–Crippen LogP) is 5.71. The first kappa shape index (κ1) is 14.4. The van der Waals surface area contributed by atoms with Gasteiger partial charge >= 0.3 is 0 Å². The Bertz CT molecular complexity index is 614. The van der Waals surface area contributed by atoms with E-state index < -0.39 is 0 Å². The molecule has 0 atom stereocenters. The van der Waals surface area contributed by atoms with E-state index in [4.69, 9.17) is 34.8 Å². The van der Waals surface area contributed by atoms with Crippen LogP contribution in [0.25, 0.3) is 0 Å². The van der Waals surface area contributed by atoms with Crippen molar-refractivity contribution in [2.75, 3.05) is 5.32 Å². The maximum Gasteiger partial charge on any atom is 0.123 e. The summed E-state index contributed by atoms with van der Waals surface area (Å²) in [5, 5.41) is 4.50. The highest BCUT2D eigenvalue weighted by molar-refractivity contribution is 6.44. The molecule has 0 fully saturated rings. The van der Waals surface area contributed by atoms with Gasteiger partial charge in [0.25, 0.3) is 0 Å². The number of nitrogens with one attached hydrogen (secondary N) is 1. The second-order valence-electron chi connectivity index (χ2n) is 4.17. The highest BCUT2D eigenvalue weighted by Gasteiger charge is 2.06. The standard InChI is InChI=1S/C14H11Cl3FN/c1-8-4-10(18)3-2-9(8)7-19-14-6-12(16)11(15)5-13(14)17/h2-6,19H,7H2,1H3. The molecule has 2 aromatic rings. The number of anilines is 1. The Morgan fingerprint density at radius 3 is 2.37 bits per heavy atom. The fourth-order valence-electron chi connectivity index (χ4n) is 1.71. The van der Waals surface area contributed by atoms with E-state index in [-0.39, 0.29) is 5.82 Å². The molecule has 0 saturated heterocycles. The van der Waals surface area contributed by atoms with Gasteiger partial charge in [0, 0.05) is 6.54 Å². The van der Waals surface area contributed by atoms with Crippen LogP contribution in [0.15, 0.2) is 30.3 Å². The van der Waals surface area contributed by atoms with Crippen LogP contribution in [0.3, 0.4) is 0 Å². The van der Waals surface area contributed by atoms with Crippen LogP contribution in [0.1, 0.15) is 11.1 Å². The van der Waals surface area contributed by atoms with Crippen molar-refractivity contribution in [3.8, 4) is 0 Å². The largest absolute Gasteiger partial charge is 0.380 e. The molecule has 0 aliphatic rings. The first-order valence-electron chi connectivity index (χ1n) is 5.61. The molecular formula is C14H11Cl3FN. The Hall–Kier alpha value is -0.960. The van der Waals surface area contributed by atoms with Crippen LogP contribution < -0.4 is 5.32 Å². The van der Waals surface area contributed by atoms with Crippen LogP contribution in [0, 0.1) is 12.7 Å². The maximum atomic E-state index is 13.0. The first-order valence-corrected chi connectivity index (χ1v) is 6.74. The summed E-state index contributed by atoms with van der Waals surface area (Å²) in [5.41, 5.74) is 2.56. The van der Waals surface area contributed by atoms with E-state index in [1.54, 1.807) is 18.2 Å². The molecule has 0 radical (unpaired) electrons. The fourth-order valence-corrected chi connectivity index (χ4v) is 2.32. The van der Waals surface area contributed by atoms with Crippen molar-refractivity contribution in [3.63, 3.8) is 0 Å². The molecule has 0 spiro atoms. The van der Waals surface area contributed by atoms with Crippen molar-refractivity contribution in [1.29, 1.82) is 0 Å². The van der Waals surface area contributed by atoms with E-state index in [9.17, 15) is 4.39 Å². The van der Waals surface area contributed by atoms with Crippen LogP contribution in [-0.4, -0.2) is 0 Å². The highest BCUT2D eigenvalue weighted by Crippen LogP contribution is 2.32. The Morgan fingerprint density at radius 1 is 1.00 bits per heavy atom. The summed E-state index contributed by atoms with van der Waals surface area (Å²) in [6, 6.07) is 7.92. The van der Waals surface area contributed by atoms with Crippen LogP contribution in [0.5, 0.6) is 0 Å². The molecule has 0 aromatic heterocycles. The zero-order valence-corrected chi connectivity index (χ0v) is 12.4. The number of aryl methyl sites for hydroxylation is 1. The first-order chi connectivity index (χ1) is 8.97. The van der Waals surface area contributed by atoms with Gasteiger partial charge in [-0.15, -0.1) is 0 Å². The third-order valence-corrected chi connectivity index (χ3v) is 3.82. The fraction of sp³-hybridized carbons (Fsp3) is 0.143. The summed E-state index contributed by atoms with van der Waals surface area (Å²) in [4.78, 5) is 0. The van der Waals surface area contributed by atoms with Gasteiger partial charge in [0.15, 0.2) is 0 Å². The van der Waals surface area contributed by atoms with Crippen LogP contribution in [-0.2, 0) is 6.54 Å². The van der Waals surface area contributed by atoms with Crippen LogP contribution >= 0.6 is 34.8 Å². The van der Waals surface area contributed by atoms with E-state index in [0.29, 0.717) is 27.3 Å². The second kappa shape index (κ2) is 6.00. The molecule has 0 aliphatic heterocycles. The predicted molar refractivity (Wildman–Crippen MR) is 79.9 cm³/mol. The van der Waals surface area contributed by atoms with Crippen molar-refractivity contribution < 1.29 is 4.39 Å². The third-order valence-electron chi connectivity index (χ3n) is 2.78. The summed E-state index contributed by atoms with van der Waals surface area (Å²) in [7, 11) is 0. The maximum absolute atomic E-state index is 13.0. The average Bonchev–Trinajstić information content (AvgIpc) is 2.34. The van der Waals surface area contributed by atoms with Gasteiger partial charge in [-0.25, -0.2) is 4.39 Å². The lowest BCUT2D eigenvalue weighted by Crippen LogP contribution is -2.02. The van der Waals surface area contributed by atoms with Crippen molar-refractivity contribution in [1.82, 2.24) is 0 Å². The van der Waals surface area contributed by atoms with E-state index >= 15 is 0 Å². The molecule has 2 aromatic carbocycles. The number of hydrogen-bond acceptors (Lipinski definition) is 1. The number of halogens is 4. The lowest BCUT2D eigenvalue weighted by atomic mass is 10.1. The zero-order valence-electron chi connectivity index (χ0n) is 10.1. The molecule has 5 heteroatoms. The third kappa shape index (κ3) is 3.53. The number of benzene rings is 2. The average molecular weight is 319 g/mol. The Morgan fingerprint density at radius 2 is 1.68 bits per heavy atom. The lowest BCUT2D eigenvalue weighted by Gasteiger charge is -2.11. The van der Waals surface area contributed by atoms with Crippen molar-refractivity contribution in [3.05, 3.63) is 62.3 Å². The van der Waals surface area contributed by atoms with Gasteiger partial charge in [-0.1, -0.05) is 40.9 Å².